The summed E-state index contributed by atoms with van der Waals surface area (Å²) < 4.78 is 10.8. The van der Waals surface area contributed by atoms with E-state index in [4.69, 9.17) is 20.3 Å². The molecule has 0 spiro atoms. The summed E-state index contributed by atoms with van der Waals surface area (Å²) in [6, 6.07) is 11.5. The first kappa shape index (κ1) is 19.8. The summed E-state index contributed by atoms with van der Waals surface area (Å²) in [6.07, 6.45) is 2.75. The Bertz CT molecular complexity index is 956. The normalized spacial score (nSPS) is 11.0. The molecule has 2 aromatic carbocycles. The Morgan fingerprint density at radius 3 is 2.39 bits per heavy atom. The molecule has 0 amide bonds. The number of hydrogen-bond donors (Lipinski definition) is 3. The van der Waals surface area contributed by atoms with Gasteiger partial charge in [0.15, 0.2) is 0 Å². The number of nitrogens with one attached hydrogen (secondary N) is 1. The van der Waals surface area contributed by atoms with Crippen molar-refractivity contribution in [3.8, 4) is 22.8 Å². The van der Waals surface area contributed by atoms with E-state index in [1.165, 1.54) is 0 Å². The lowest BCUT2D eigenvalue weighted by Gasteiger charge is -2.10. The smallest absolute Gasteiger partial charge is 0.307 e. The summed E-state index contributed by atoms with van der Waals surface area (Å²) in [7, 11) is 3.26. The van der Waals surface area contributed by atoms with Gasteiger partial charge in [0.25, 0.3) is 0 Å². The maximum atomic E-state index is 11.1. The predicted molar refractivity (Wildman–Crippen MR) is 110 cm³/mol. The van der Waals surface area contributed by atoms with Crippen molar-refractivity contribution in [1.29, 1.82) is 0 Å². The molecule has 3 aromatic rings. The molecule has 0 radical (unpaired) electrons. The summed E-state index contributed by atoms with van der Waals surface area (Å²) in [5.41, 5.74) is 10.6. The SMILES string of the molecule is COc1cc(OC)cc(-c2[nH]c3ccc(CC(=O)O)cc3c2CCCCN)c1. The Morgan fingerprint density at radius 2 is 1.79 bits per heavy atom. The molecule has 6 nitrogen and oxygen atoms in total. The number of carboxylic acid groups (broad SMARTS) is 1. The summed E-state index contributed by atoms with van der Waals surface area (Å²) in [5.74, 6) is 0.595. The van der Waals surface area contributed by atoms with Crippen LogP contribution in [0.1, 0.15) is 24.0 Å². The number of aryl methyl sites for hydroxylation is 1. The molecule has 1 heterocycles. The number of benzene rings is 2. The van der Waals surface area contributed by atoms with Crippen LogP contribution >= 0.6 is 0 Å². The molecule has 1 aromatic heterocycles. The van der Waals surface area contributed by atoms with E-state index < -0.39 is 5.97 Å². The van der Waals surface area contributed by atoms with Crippen LogP contribution in [-0.4, -0.2) is 36.8 Å². The van der Waals surface area contributed by atoms with Gasteiger partial charge in [0.05, 0.1) is 20.6 Å². The summed E-state index contributed by atoms with van der Waals surface area (Å²) in [4.78, 5) is 14.6. The van der Waals surface area contributed by atoms with Crippen molar-refractivity contribution >= 4 is 16.9 Å². The molecule has 28 heavy (non-hydrogen) atoms. The second kappa shape index (κ2) is 8.80. The summed E-state index contributed by atoms with van der Waals surface area (Å²) >= 11 is 0. The van der Waals surface area contributed by atoms with Crippen molar-refractivity contribution in [2.24, 2.45) is 5.73 Å². The highest BCUT2D eigenvalue weighted by atomic mass is 16.5. The number of aromatic amines is 1. The third-order valence-corrected chi connectivity index (χ3v) is 4.85. The van der Waals surface area contributed by atoms with E-state index in [1.807, 2.05) is 36.4 Å². The van der Waals surface area contributed by atoms with Crippen molar-refractivity contribution in [2.45, 2.75) is 25.7 Å². The number of methoxy groups -OCH3 is 2. The van der Waals surface area contributed by atoms with Crippen LogP contribution in [0.5, 0.6) is 11.5 Å². The number of fused-ring (bicyclic) bond motifs is 1. The zero-order valence-corrected chi connectivity index (χ0v) is 16.2. The number of carbonyl (C=O) groups is 1. The van der Waals surface area contributed by atoms with Gasteiger partial charge in [0.2, 0.25) is 0 Å². The van der Waals surface area contributed by atoms with Gasteiger partial charge in [0, 0.05) is 28.2 Å². The standard InChI is InChI=1S/C22H26N2O4/c1-27-16-11-15(12-17(13-16)28-2)22-18(5-3-4-8-23)19-9-14(10-21(25)26)6-7-20(19)24-22/h6-7,9,11-13,24H,3-5,8,10,23H2,1-2H3,(H,25,26). The van der Waals surface area contributed by atoms with Crippen molar-refractivity contribution in [3.63, 3.8) is 0 Å². The predicted octanol–water partition coefficient (Wildman–Crippen LogP) is 3.76. The number of unbranched alkanes of at least 4 members (excludes halogenated alkanes) is 1. The second-order valence-corrected chi connectivity index (χ2v) is 6.78. The maximum Gasteiger partial charge on any atom is 0.307 e. The average molecular weight is 382 g/mol. The van der Waals surface area contributed by atoms with Crippen molar-refractivity contribution < 1.29 is 19.4 Å². The van der Waals surface area contributed by atoms with Gasteiger partial charge in [0.1, 0.15) is 11.5 Å². The number of aliphatic carboxylic acids is 1. The van der Waals surface area contributed by atoms with Gasteiger partial charge in [-0.25, -0.2) is 0 Å². The Labute approximate surface area is 164 Å². The highest BCUT2D eigenvalue weighted by Crippen LogP contribution is 2.36. The molecule has 6 heteroatoms. The van der Waals surface area contributed by atoms with Crippen LogP contribution in [0.3, 0.4) is 0 Å². The number of nitrogens with two attached hydrogens (primary N) is 1. The molecule has 0 aliphatic carbocycles. The molecule has 148 valence electrons. The molecule has 0 aliphatic rings. The molecule has 3 rings (SSSR count). The van der Waals surface area contributed by atoms with Crippen LogP contribution in [0, 0.1) is 0 Å². The monoisotopic (exact) mass is 382 g/mol. The first-order chi connectivity index (χ1) is 13.5. The van der Waals surface area contributed by atoms with E-state index in [-0.39, 0.29) is 6.42 Å². The molecular weight excluding hydrogens is 356 g/mol. The van der Waals surface area contributed by atoms with Gasteiger partial charge in [-0.05, 0) is 61.2 Å². The van der Waals surface area contributed by atoms with Crippen molar-refractivity contribution in [2.75, 3.05) is 20.8 Å². The van der Waals surface area contributed by atoms with Gasteiger partial charge in [-0.1, -0.05) is 6.07 Å². The van der Waals surface area contributed by atoms with Gasteiger partial charge < -0.3 is 25.3 Å². The fourth-order valence-electron chi connectivity index (χ4n) is 3.48. The molecule has 0 saturated carbocycles. The minimum atomic E-state index is -0.836. The third-order valence-electron chi connectivity index (χ3n) is 4.85. The first-order valence-electron chi connectivity index (χ1n) is 9.34. The zero-order chi connectivity index (χ0) is 20.1. The highest BCUT2D eigenvalue weighted by Gasteiger charge is 2.16. The number of ether oxygens (including phenoxy) is 2. The van der Waals surface area contributed by atoms with E-state index in [2.05, 4.69) is 4.98 Å². The Kier molecular flexibility index (Phi) is 6.21. The molecular formula is C22H26N2O4. The maximum absolute atomic E-state index is 11.1. The van der Waals surface area contributed by atoms with Crippen LogP contribution in [0.25, 0.3) is 22.2 Å². The second-order valence-electron chi connectivity index (χ2n) is 6.78. The lowest BCUT2D eigenvalue weighted by Crippen LogP contribution is -2.00. The van der Waals surface area contributed by atoms with E-state index in [0.29, 0.717) is 18.0 Å². The zero-order valence-electron chi connectivity index (χ0n) is 16.2. The Balaban J connectivity index is 2.14. The lowest BCUT2D eigenvalue weighted by atomic mass is 9.98. The van der Waals surface area contributed by atoms with Gasteiger partial charge in [-0.15, -0.1) is 0 Å². The largest absolute Gasteiger partial charge is 0.497 e. The van der Waals surface area contributed by atoms with Gasteiger partial charge in [-0.3, -0.25) is 4.79 Å². The van der Waals surface area contributed by atoms with Crippen molar-refractivity contribution in [1.82, 2.24) is 4.98 Å². The number of H-pyrrole nitrogens is 1. The number of carboxylic acids is 1. The fraction of sp³-hybridized carbons (Fsp3) is 0.318. The molecule has 4 N–H and O–H groups in total. The summed E-state index contributed by atoms with van der Waals surface area (Å²) in [5, 5.41) is 10.2. The highest BCUT2D eigenvalue weighted by molar-refractivity contribution is 5.92. The number of rotatable bonds is 9. The van der Waals surface area contributed by atoms with Crippen LogP contribution in [0.2, 0.25) is 0 Å². The van der Waals surface area contributed by atoms with Crippen LogP contribution in [0.4, 0.5) is 0 Å². The molecule has 0 saturated heterocycles. The molecule has 0 aliphatic heterocycles. The first-order valence-corrected chi connectivity index (χ1v) is 9.34. The van der Waals surface area contributed by atoms with E-state index in [9.17, 15) is 4.79 Å². The molecule has 0 atom stereocenters. The van der Waals surface area contributed by atoms with Gasteiger partial charge >= 0.3 is 5.97 Å². The fourth-order valence-corrected chi connectivity index (χ4v) is 3.48. The molecule has 0 unspecified atom stereocenters. The van der Waals surface area contributed by atoms with Crippen LogP contribution in [-0.2, 0) is 17.6 Å². The van der Waals surface area contributed by atoms with Crippen LogP contribution in [0.15, 0.2) is 36.4 Å². The quantitative estimate of drug-likeness (QED) is 0.490. The van der Waals surface area contributed by atoms with Crippen molar-refractivity contribution in [3.05, 3.63) is 47.5 Å². The molecule has 0 bridgehead atoms. The van der Waals surface area contributed by atoms with Gasteiger partial charge in [-0.2, -0.15) is 0 Å². The number of aromatic nitrogens is 1. The van der Waals surface area contributed by atoms with E-state index in [1.54, 1.807) is 14.2 Å². The lowest BCUT2D eigenvalue weighted by molar-refractivity contribution is -0.136. The molecule has 0 fully saturated rings. The minimum absolute atomic E-state index is 0.00563. The number of hydrogen-bond acceptors (Lipinski definition) is 4. The third kappa shape index (κ3) is 4.28. The van der Waals surface area contributed by atoms with E-state index >= 15 is 0 Å². The minimum Gasteiger partial charge on any atom is -0.497 e. The van der Waals surface area contributed by atoms with E-state index in [0.717, 1.165) is 52.5 Å². The Hall–Kier alpha value is -2.99. The topological polar surface area (TPSA) is 97.6 Å². The Morgan fingerprint density at radius 1 is 1.07 bits per heavy atom. The van der Waals surface area contributed by atoms with Crippen LogP contribution < -0.4 is 15.2 Å². The summed E-state index contributed by atoms with van der Waals surface area (Å²) in [6.45, 7) is 0.648. The average Bonchev–Trinajstić information content (AvgIpc) is 3.05.